The van der Waals surface area contributed by atoms with Crippen molar-refractivity contribution in [1.82, 2.24) is 0 Å². The Kier molecular flexibility index (Phi) is 3.65. The number of hydrogen-bond acceptors (Lipinski definition) is 4. The van der Waals surface area contributed by atoms with Crippen LogP contribution in [0.2, 0.25) is 0 Å². The number of esters is 2. The van der Waals surface area contributed by atoms with Crippen molar-refractivity contribution in [2.45, 2.75) is 33.1 Å². The number of carbonyl (C=O) groups is 2. The summed E-state index contributed by atoms with van der Waals surface area (Å²) in [5.74, 6) is 0.283. The molecular formula is C14H16O4. The van der Waals surface area contributed by atoms with Crippen LogP contribution in [-0.4, -0.2) is 11.9 Å². The highest BCUT2D eigenvalue weighted by molar-refractivity contribution is 5.77. The summed E-state index contributed by atoms with van der Waals surface area (Å²) < 4.78 is 10.3. The minimum absolute atomic E-state index is 0.136. The van der Waals surface area contributed by atoms with E-state index in [-0.39, 0.29) is 17.9 Å². The number of benzene rings is 1. The number of fused-ring (bicyclic) bond motifs is 1. The van der Waals surface area contributed by atoms with Gasteiger partial charge in [-0.1, -0.05) is 19.9 Å². The third-order valence-electron chi connectivity index (χ3n) is 3.09. The van der Waals surface area contributed by atoms with Crippen LogP contribution in [0, 0.1) is 5.92 Å². The van der Waals surface area contributed by atoms with E-state index in [1.807, 2.05) is 19.9 Å². The molecule has 0 aliphatic carbocycles. The van der Waals surface area contributed by atoms with E-state index in [4.69, 9.17) is 9.47 Å². The Morgan fingerprint density at radius 1 is 1.44 bits per heavy atom. The summed E-state index contributed by atoms with van der Waals surface area (Å²) in [5.41, 5.74) is 0.970. The molecule has 0 amide bonds. The van der Waals surface area contributed by atoms with Crippen molar-refractivity contribution in [1.29, 1.82) is 0 Å². The normalized spacial score (nSPS) is 15.6. The highest BCUT2D eigenvalue weighted by Gasteiger charge is 2.19. The maximum absolute atomic E-state index is 11.6. The molecule has 0 N–H and O–H groups in total. The van der Waals surface area contributed by atoms with Crippen LogP contribution in [0.4, 0.5) is 0 Å². The van der Waals surface area contributed by atoms with E-state index in [1.165, 1.54) is 0 Å². The maximum Gasteiger partial charge on any atom is 0.314 e. The number of aryl methyl sites for hydroxylation is 1. The maximum atomic E-state index is 11.6. The molecular weight excluding hydrogens is 232 g/mol. The van der Waals surface area contributed by atoms with E-state index < -0.39 is 0 Å². The number of rotatable bonds is 3. The van der Waals surface area contributed by atoms with E-state index >= 15 is 0 Å². The molecule has 0 spiro atoms. The van der Waals surface area contributed by atoms with E-state index in [2.05, 4.69) is 0 Å². The Hall–Kier alpha value is -1.84. The number of carbonyl (C=O) groups excluding carboxylic acids is 2. The Morgan fingerprint density at radius 2 is 2.22 bits per heavy atom. The standard InChI is InChI=1S/C14H16O4/c1-3-9(2)14(16)17-11-6-4-10-5-7-13(15)18-12(10)8-11/h4,6,8-9H,3,5,7H2,1-2H3. The van der Waals surface area contributed by atoms with Gasteiger partial charge in [0.25, 0.3) is 0 Å². The number of ether oxygens (including phenoxy) is 2. The van der Waals surface area contributed by atoms with Crippen molar-refractivity contribution in [3.8, 4) is 11.5 Å². The molecule has 1 atom stereocenters. The summed E-state index contributed by atoms with van der Waals surface area (Å²) >= 11 is 0. The second kappa shape index (κ2) is 5.21. The average molecular weight is 248 g/mol. The molecule has 1 aromatic carbocycles. The van der Waals surface area contributed by atoms with Gasteiger partial charge >= 0.3 is 11.9 Å². The van der Waals surface area contributed by atoms with Crippen molar-refractivity contribution in [3.05, 3.63) is 23.8 Å². The quantitative estimate of drug-likeness (QED) is 0.609. The first-order valence-electron chi connectivity index (χ1n) is 6.15. The molecule has 1 aromatic rings. The molecule has 4 heteroatoms. The average Bonchev–Trinajstić information content (AvgIpc) is 2.37. The molecule has 1 heterocycles. The SMILES string of the molecule is CCC(C)C(=O)Oc1ccc2c(c1)OC(=O)CC2. The summed E-state index contributed by atoms with van der Waals surface area (Å²) in [6.07, 6.45) is 1.81. The largest absolute Gasteiger partial charge is 0.426 e. The first kappa shape index (κ1) is 12.6. The van der Waals surface area contributed by atoms with Crippen molar-refractivity contribution < 1.29 is 19.1 Å². The first-order valence-corrected chi connectivity index (χ1v) is 6.15. The van der Waals surface area contributed by atoms with E-state index in [0.29, 0.717) is 24.3 Å². The van der Waals surface area contributed by atoms with Crippen LogP contribution < -0.4 is 9.47 Å². The Bertz CT molecular complexity index is 479. The summed E-state index contributed by atoms with van der Waals surface area (Å²) in [4.78, 5) is 22.8. The van der Waals surface area contributed by atoms with Crippen LogP contribution in [0.1, 0.15) is 32.3 Å². The van der Waals surface area contributed by atoms with Gasteiger partial charge < -0.3 is 9.47 Å². The third-order valence-corrected chi connectivity index (χ3v) is 3.09. The van der Waals surface area contributed by atoms with Crippen molar-refractivity contribution in [3.63, 3.8) is 0 Å². The molecule has 1 aliphatic heterocycles. The van der Waals surface area contributed by atoms with Crippen molar-refractivity contribution >= 4 is 11.9 Å². The fourth-order valence-corrected chi connectivity index (χ4v) is 1.69. The molecule has 1 unspecified atom stereocenters. The molecule has 0 radical (unpaired) electrons. The van der Waals surface area contributed by atoms with Gasteiger partial charge in [0.15, 0.2) is 0 Å². The van der Waals surface area contributed by atoms with Gasteiger partial charge in [0, 0.05) is 6.07 Å². The zero-order valence-corrected chi connectivity index (χ0v) is 10.6. The van der Waals surface area contributed by atoms with Gasteiger partial charge in [-0.25, -0.2) is 0 Å². The van der Waals surface area contributed by atoms with E-state index in [0.717, 1.165) is 12.0 Å². The van der Waals surface area contributed by atoms with Gasteiger partial charge in [-0.3, -0.25) is 9.59 Å². The molecule has 0 aromatic heterocycles. The molecule has 0 fully saturated rings. The minimum Gasteiger partial charge on any atom is -0.426 e. The topological polar surface area (TPSA) is 52.6 Å². The first-order chi connectivity index (χ1) is 8.60. The fourth-order valence-electron chi connectivity index (χ4n) is 1.69. The molecule has 1 aliphatic rings. The lowest BCUT2D eigenvalue weighted by Gasteiger charge is -2.16. The van der Waals surface area contributed by atoms with Crippen molar-refractivity contribution in [2.24, 2.45) is 5.92 Å². The van der Waals surface area contributed by atoms with Gasteiger partial charge in [0.2, 0.25) is 0 Å². The minimum atomic E-state index is -0.264. The summed E-state index contributed by atoms with van der Waals surface area (Å²) in [6, 6.07) is 5.17. The Labute approximate surface area is 106 Å². The van der Waals surface area contributed by atoms with Crippen LogP contribution in [0.25, 0.3) is 0 Å². The van der Waals surface area contributed by atoms with Crippen LogP contribution in [0.3, 0.4) is 0 Å². The van der Waals surface area contributed by atoms with Gasteiger partial charge in [0.1, 0.15) is 11.5 Å². The molecule has 0 saturated heterocycles. The molecule has 4 nitrogen and oxygen atoms in total. The Balaban J connectivity index is 2.13. The molecule has 2 rings (SSSR count). The monoisotopic (exact) mass is 248 g/mol. The van der Waals surface area contributed by atoms with Gasteiger partial charge in [0.05, 0.1) is 12.3 Å². The zero-order valence-electron chi connectivity index (χ0n) is 10.6. The third kappa shape index (κ3) is 2.70. The smallest absolute Gasteiger partial charge is 0.314 e. The predicted molar refractivity (Wildman–Crippen MR) is 65.5 cm³/mol. The van der Waals surface area contributed by atoms with Gasteiger partial charge in [-0.15, -0.1) is 0 Å². The van der Waals surface area contributed by atoms with Crippen LogP contribution in [0.15, 0.2) is 18.2 Å². The second-order valence-corrected chi connectivity index (χ2v) is 4.47. The molecule has 96 valence electrons. The summed E-state index contributed by atoms with van der Waals surface area (Å²) in [7, 11) is 0. The molecule has 0 bridgehead atoms. The van der Waals surface area contributed by atoms with E-state index in [9.17, 15) is 9.59 Å². The zero-order chi connectivity index (χ0) is 13.1. The van der Waals surface area contributed by atoms with Crippen LogP contribution >= 0.6 is 0 Å². The molecule has 18 heavy (non-hydrogen) atoms. The van der Waals surface area contributed by atoms with E-state index in [1.54, 1.807) is 12.1 Å². The van der Waals surface area contributed by atoms with Crippen LogP contribution in [0.5, 0.6) is 11.5 Å². The van der Waals surface area contributed by atoms with Gasteiger partial charge in [-0.2, -0.15) is 0 Å². The highest BCUT2D eigenvalue weighted by Crippen LogP contribution is 2.29. The fraction of sp³-hybridized carbons (Fsp3) is 0.429. The predicted octanol–water partition coefficient (Wildman–Crippen LogP) is 2.49. The van der Waals surface area contributed by atoms with Crippen molar-refractivity contribution in [2.75, 3.05) is 0 Å². The molecule has 0 saturated carbocycles. The number of hydrogen-bond donors (Lipinski definition) is 0. The summed E-state index contributed by atoms with van der Waals surface area (Å²) in [5, 5.41) is 0. The lowest BCUT2D eigenvalue weighted by molar-refractivity contribution is -0.138. The lowest BCUT2D eigenvalue weighted by atomic mass is 10.1. The second-order valence-electron chi connectivity index (χ2n) is 4.47. The summed E-state index contributed by atoms with van der Waals surface area (Å²) in [6.45, 7) is 3.75. The lowest BCUT2D eigenvalue weighted by Crippen LogP contribution is -2.18. The Morgan fingerprint density at radius 3 is 2.94 bits per heavy atom. The van der Waals surface area contributed by atoms with Gasteiger partial charge in [-0.05, 0) is 24.5 Å². The van der Waals surface area contributed by atoms with Crippen LogP contribution in [-0.2, 0) is 16.0 Å². The highest BCUT2D eigenvalue weighted by atomic mass is 16.5.